The molecular formula is C15H22BNO5S. The Morgan fingerprint density at radius 3 is 2.57 bits per heavy atom. The fraction of sp³-hybridized carbons (Fsp3) is 0.600. The van der Waals surface area contributed by atoms with Gasteiger partial charge in [0.05, 0.1) is 11.5 Å². The monoisotopic (exact) mass is 339 g/mol. The Hall–Kier alpha value is -1.09. The summed E-state index contributed by atoms with van der Waals surface area (Å²) in [6.07, 6.45) is 3.58. The second-order valence-corrected chi connectivity index (χ2v) is 8.07. The summed E-state index contributed by atoms with van der Waals surface area (Å²) in [5.74, 6) is 1.25. The SMILES string of the molecule is CS(=O)(=O)c1ccc(OCC2CC2)c(B2OCCNCCO2)c1. The molecule has 1 aromatic rings. The summed E-state index contributed by atoms with van der Waals surface area (Å²) in [6.45, 7) is 3.12. The average Bonchev–Trinajstić information content (AvgIpc) is 3.28. The lowest BCUT2D eigenvalue weighted by Gasteiger charge is -2.21. The molecule has 0 aromatic heterocycles. The highest BCUT2D eigenvalue weighted by atomic mass is 32.2. The maximum absolute atomic E-state index is 11.8. The number of benzene rings is 1. The quantitative estimate of drug-likeness (QED) is 0.773. The van der Waals surface area contributed by atoms with Crippen molar-refractivity contribution in [1.29, 1.82) is 0 Å². The van der Waals surface area contributed by atoms with Crippen molar-refractivity contribution in [2.24, 2.45) is 5.92 Å². The fourth-order valence-electron chi connectivity index (χ4n) is 2.39. The molecule has 2 aliphatic rings. The molecule has 0 unspecified atom stereocenters. The zero-order chi connectivity index (χ0) is 16.3. The Balaban J connectivity index is 1.87. The van der Waals surface area contributed by atoms with Gasteiger partial charge in [-0.2, -0.15) is 0 Å². The van der Waals surface area contributed by atoms with Crippen LogP contribution in [0.4, 0.5) is 0 Å². The van der Waals surface area contributed by atoms with E-state index in [1.54, 1.807) is 18.2 Å². The minimum Gasteiger partial charge on any atom is -0.494 e. The van der Waals surface area contributed by atoms with Gasteiger partial charge < -0.3 is 19.4 Å². The molecule has 1 saturated heterocycles. The standard InChI is InChI=1S/C15H22BNO5S/c1-23(18,19)13-4-5-15(20-11-12-2-3-12)14(10-13)16-21-8-6-17-7-9-22-16/h4-5,10,12,17H,2-3,6-9,11H2,1H3. The van der Waals surface area contributed by atoms with E-state index in [1.807, 2.05) is 0 Å². The third-order valence-electron chi connectivity index (χ3n) is 3.93. The highest BCUT2D eigenvalue weighted by Gasteiger charge is 2.29. The molecule has 0 atom stereocenters. The van der Waals surface area contributed by atoms with Crippen LogP contribution in [0.15, 0.2) is 23.1 Å². The van der Waals surface area contributed by atoms with Crippen molar-refractivity contribution in [2.75, 3.05) is 39.2 Å². The van der Waals surface area contributed by atoms with E-state index < -0.39 is 17.0 Å². The van der Waals surface area contributed by atoms with E-state index in [2.05, 4.69) is 5.32 Å². The molecule has 2 fully saturated rings. The molecule has 1 aromatic carbocycles. The number of hydrogen-bond acceptors (Lipinski definition) is 6. The van der Waals surface area contributed by atoms with E-state index in [4.69, 9.17) is 14.0 Å². The van der Waals surface area contributed by atoms with Gasteiger partial charge in [0, 0.05) is 38.0 Å². The number of rotatable bonds is 5. The minimum atomic E-state index is -3.30. The first-order chi connectivity index (χ1) is 11.0. The predicted octanol–water partition coefficient (Wildman–Crippen LogP) is 0.211. The average molecular weight is 339 g/mol. The van der Waals surface area contributed by atoms with Gasteiger partial charge in [-0.25, -0.2) is 8.42 Å². The van der Waals surface area contributed by atoms with Crippen molar-refractivity contribution in [3.63, 3.8) is 0 Å². The Morgan fingerprint density at radius 2 is 1.96 bits per heavy atom. The van der Waals surface area contributed by atoms with Crippen molar-refractivity contribution in [3.8, 4) is 5.75 Å². The molecule has 6 nitrogen and oxygen atoms in total. The van der Waals surface area contributed by atoms with Crippen LogP contribution in [0.5, 0.6) is 5.75 Å². The van der Waals surface area contributed by atoms with Crippen molar-refractivity contribution in [1.82, 2.24) is 5.32 Å². The number of nitrogens with one attached hydrogen (secondary N) is 1. The molecule has 1 aliphatic heterocycles. The molecule has 1 aliphatic carbocycles. The Labute approximate surface area is 137 Å². The zero-order valence-corrected chi connectivity index (χ0v) is 14.1. The molecule has 23 heavy (non-hydrogen) atoms. The van der Waals surface area contributed by atoms with Crippen LogP contribution >= 0.6 is 0 Å². The first kappa shape index (κ1) is 16.8. The van der Waals surface area contributed by atoms with Crippen LogP contribution in [0.2, 0.25) is 0 Å². The first-order valence-electron chi connectivity index (χ1n) is 7.95. The predicted molar refractivity (Wildman–Crippen MR) is 87.9 cm³/mol. The summed E-state index contributed by atoms with van der Waals surface area (Å²) >= 11 is 0. The smallest absolute Gasteiger partial charge is 0.494 e. The van der Waals surface area contributed by atoms with Gasteiger partial charge in [-0.3, -0.25) is 0 Å². The third kappa shape index (κ3) is 4.70. The Morgan fingerprint density at radius 1 is 1.26 bits per heavy atom. The lowest BCUT2D eigenvalue weighted by atomic mass is 9.78. The molecule has 0 spiro atoms. The summed E-state index contributed by atoms with van der Waals surface area (Å²) in [5.41, 5.74) is 0.649. The molecule has 1 N–H and O–H groups in total. The van der Waals surface area contributed by atoms with Gasteiger partial charge in [0.2, 0.25) is 0 Å². The molecule has 126 valence electrons. The van der Waals surface area contributed by atoms with Gasteiger partial charge in [0.25, 0.3) is 0 Å². The molecule has 1 saturated carbocycles. The van der Waals surface area contributed by atoms with E-state index in [0.29, 0.717) is 37.0 Å². The first-order valence-corrected chi connectivity index (χ1v) is 9.84. The van der Waals surface area contributed by atoms with E-state index in [9.17, 15) is 8.42 Å². The third-order valence-corrected chi connectivity index (χ3v) is 5.04. The van der Waals surface area contributed by atoms with E-state index in [-0.39, 0.29) is 4.90 Å². The number of sulfone groups is 1. The van der Waals surface area contributed by atoms with Gasteiger partial charge >= 0.3 is 7.12 Å². The Bertz CT molecular complexity index is 639. The summed E-state index contributed by atoms with van der Waals surface area (Å²) in [6, 6.07) is 4.89. The van der Waals surface area contributed by atoms with Gasteiger partial charge in [-0.05, 0) is 37.0 Å². The van der Waals surface area contributed by atoms with Crippen LogP contribution < -0.4 is 15.5 Å². The lowest BCUT2D eigenvalue weighted by Crippen LogP contribution is -2.44. The number of ether oxygens (including phenoxy) is 1. The van der Waals surface area contributed by atoms with Gasteiger partial charge in [-0.1, -0.05) is 0 Å². The topological polar surface area (TPSA) is 73.9 Å². The molecule has 0 bridgehead atoms. The minimum absolute atomic E-state index is 0.249. The van der Waals surface area contributed by atoms with Crippen molar-refractivity contribution >= 4 is 22.4 Å². The maximum Gasteiger partial charge on any atom is 0.497 e. The molecule has 1 heterocycles. The van der Waals surface area contributed by atoms with Crippen LogP contribution in [-0.2, 0) is 19.1 Å². The second kappa shape index (κ2) is 7.21. The zero-order valence-electron chi connectivity index (χ0n) is 13.3. The molecular weight excluding hydrogens is 317 g/mol. The van der Waals surface area contributed by atoms with Gasteiger partial charge in [0.15, 0.2) is 9.84 Å². The Kier molecular flexibility index (Phi) is 5.26. The molecule has 0 amide bonds. The largest absolute Gasteiger partial charge is 0.497 e. The van der Waals surface area contributed by atoms with Gasteiger partial charge in [-0.15, -0.1) is 0 Å². The molecule has 0 radical (unpaired) electrons. The van der Waals surface area contributed by atoms with Crippen LogP contribution in [0.25, 0.3) is 0 Å². The van der Waals surface area contributed by atoms with Crippen LogP contribution in [0.1, 0.15) is 12.8 Å². The van der Waals surface area contributed by atoms with E-state index in [0.717, 1.165) is 13.1 Å². The summed E-state index contributed by atoms with van der Waals surface area (Å²) in [4.78, 5) is 0.249. The highest BCUT2D eigenvalue weighted by molar-refractivity contribution is 7.90. The molecule has 8 heteroatoms. The molecule has 3 rings (SSSR count). The summed E-state index contributed by atoms with van der Waals surface area (Å²) in [5, 5.41) is 3.18. The normalized spacial score (nSPS) is 20.0. The van der Waals surface area contributed by atoms with Gasteiger partial charge in [0.1, 0.15) is 5.75 Å². The van der Waals surface area contributed by atoms with Crippen molar-refractivity contribution in [3.05, 3.63) is 18.2 Å². The number of hydrogen-bond donors (Lipinski definition) is 1. The van der Waals surface area contributed by atoms with Crippen LogP contribution in [0.3, 0.4) is 0 Å². The summed E-state index contributed by atoms with van der Waals surface area (Å²) < 4.78 is 41.1. The second-order valence-electron chi connectivity index (χ2n) is 6.05. The highest BCUT2D eigenvalue weighted by Crippen LogP contribution is 2.29. The fourth-order valence-corrected chi connectivity index (χ4v) is 3.05. The van der Waals surface area contributed by atoms with E-state index in [1.165, 1.54) is 19.1 Å². The van der Waals surface area contributed by atoms with Crippen molar-refractivity contribution < 1.29 is 22.5 Å². The summed E-state index contributed by atoms with van der Waals surface area (Å²) in [7, 11) is -3.90. The van der Waals surface area contributed by atoms with Crippen LogP contribution in [0, 0.1) is 5.92 Å². The van der Waals surface area contributed by atoms with E-state index >= 15 is 0 Å². The maximum atomic E-state index is 11.8. The lowest BCUT2D eigenvalue weighted by molar-refractivity contribution is 0.186. The van der Waals surface area contributed by atoms with Crippen molar-refractivity contribution in [2.45, 2.75) is 17.7 Å². The van der Waals surface area contributed by atoms with Crippen LogP contribution in [-0.4, -0.2) is 54.7 Å².